The van der Waals surface area contributed by atoms with Crippen LogP contribution >= 0.6 is 11.9 Å². The molecule has 10 heteroatoms. The van der Waals surface area contributed by atoms with Gasteiger partial charge in [0.1, 0.15) is 5.75 Å². The number of halogens is 2. The highest BCUT2D eigenvalue weighted by molar-refractivity contribution is 7.97. The number of amides is 1. The summed E-state index contributed by atoms with van der Waals surface area (Å²) in [6.07, 6.45) is 1.87. The van der Waals surface area contributed by atoms with Gasteiger partial charge >= 0.3 is 6.61 Å². The monoisotopic (exact) mass is 394 g/mol. The van der Waals surface area contributed by atoms with Crippen LogP contribution in [0.1, 0.15) is 11.3 Å². The fourth-order valence-corrected chi connectivity index (χ4v) is 3.79. The lowest BCUT2D eigenvalue weighted by Crippen LogP contribution is -2.51. The molecule has 0 bridgehead atoms. The van der Waals surface area contributed by atoms with E-state index in [4.69, 9.17) is 0 Å². The van der Waals surface area contributed by atoms with Crippen LogP contribution in [0.2, 0.25) is 0 Å². The molecule has 0 radical (unpaired) electrons. The standard InChI is InChI=1S/C17H16F2N4O3S/c18-17(19)26-13-1-3-14(4-2-13)27-23-6-11-5-22(9-15(11)20-23)16(25)10-21-7-12(24)8-21/h1-4,6,17H,5,7-10H2. The highest BCUT2D eigenvalue weighted by Crippen LogP contribution is 2.28. The molecule has 2 aliphatic rings. The predicted molar refractivity (Wildman–Crippen MR) is 92.3 cm³/mol. The Morgan fingerprint density at radius 1 is 1.19 bits per heavy atom. The van der Waals surface area contributed by atoms with Crippen LogP contribution in [-0.4, -0.2) is 56.9 Å². The predicted octanol–water partition coefficient (Wildman–Crippen LogP) is 1.77. The van der Waals surface area contributed by atoms with Gasteiger partial charge in [0.2, 0.25) is 5.91 Å². The van der Waals surface area contributed by atoms with E-state index in [2.05, 4.69) is 9.84 Å². The van der Waals surface area contributed by atoms with E-state index < -0.39 is 6.61 Å². The van der Waals surface area contributed by atoms with Crippen molar-refractivity contribution in [1.29, 1.82) is 0 Å². The third-order valence-electron chi connectivity index (χ3n) is 4.32. The summed E-state index contributed by atoms with van der Waals surface area (Å²) in [5.74, 6) is 0.263. The number of nitrogens with zero attached hydrogens (tertiary/aromatic N) is 4. The van der Waals surface area contributed by atoms with E-state index in [1.165, 1.54) is 24.1 Å². The Hall–Kier alpha value is -2.46. The summed E-state index contributed by atoms with van der Waals surface area (Å²) in [4.78, 5) is 27.6. The fraction of sp³-hybridized carbons (Fsp3) is 0.353. The molecule has 1 saturated heterocycles. The molecule has 1 fully saturated rings. The van der Waals surface area contributed by atoms with E-state index >= 15 is 0 Å². The number of aromatic nitrogens is 2. The first-order valence-corrected chi connectivity index (χ1v) is 9.06. The first-order chi connectivity index (χ1) is 13.0. The lowest BCUT2D eigenvalue weighted by Gasteiger charge is -2.30. The summed E-state index contributed by atoms with van der Waals surface area (Å²) >= 11 is 1.35. The van der Waals surface area contributed by atoms with Gasteiger partial charge in [-0.3, -0.25) is 14.5 Å². The quantitative estimate of drug-likeness (QED) is 0.744. The van der Waals surface area contributed by atoms with Crippen LogP contribution in [0.4, 0.5) is 8.78 Å². The van der Waals surface area contributed by atoms with Gasteiger partial charge in [-0.15, -0.1) is 0 Å². The lowest BCUT2D eigenvalue weighted by molar-refractivity contribution is -0.138. The third-order valence-corrected chi connectivity index (χ3v) is 5.17. The number of fused-ring (bicyclic) bond motifs is 1. The van der Waals surface area contributed by atoms with Crippen molar-refractivity contribution in [3.8, 4) is 5.75 Å². The molecule has 0 atom stereocenters. The van der Waals surface area contributed by atoms with Crippen LogP contribution in [0.15, 0.2) is 35.4 Å². The fourth-order valence-electron chi connectivity index (χ4n) is 3.00. The van der Waals surface area contributed by atoms with Crippen LogP contribution < -0.4 is 4.74 Å². The van der Waals surface area contributed by atoms with Crippen molar-refractivity contribution in [3.05, 3.63) is 41.7 Å². The molecular weight excluding hydrogens is 378 g/mol. The smallest absolute Gasteiger partial charge is 0.387 e. The Kier molecular flexibility index (Phi) is 4.83. The van der Waals surface area contributed by atoms with E-state index in [0.29, 0.717) is 26.2 Å². The minimum Gasteiger partial charge on any atom is -0.435 e. The maximum Gasteiger partial charge on any atom is 0.387 e. The highest BCUT2D eigenvalue weighted by Gasteiger charge is 2.31. The molecule has 2 aromatic rings. The normalized spacial score (nSPS) is 16.6. The summed E-state index contributed by atoms with van der Waals surface area (Å²) in [5, 5.41) is 4.48. The molecule has 1 aromatic heterocycles. The van der Waals surface area contributed by atoms with Gasteiger partial charge in [0.05, 0.1) is 31.9 Å². The van der Waals surface area contributed by atoms with E-state index in [0.717, 1.165) is 16.2 Å². The number of carbonyl (C=O) groups is 2. The van der Waals surface area contributed by atoms with Crippen LogP contribution in [0, 0.1) is 0 Å². The minimum absolute atomic E-state index is 0.00526. The summed E-state index contributed by atoms with van der Waals surface area (Å²) in [7, 11) is 0. The first-order valence-electron chi connectivity index (χ1n) is 8.29. The zero-order valence-electron chi connectivity index (χ0n) is 14.2. The maximum atomic E-state index is 12.3. The molecule has 7 nitrogen and oxygen atoms in total. The van der Waals surface area contributed by atoms with Crippen molar-refractivity contribution in [1.82, 2.24) is 19.0 Å². The van der Waals surface area contributed by atoms with Gasteiger partial charge in [0.15, 0.2) is 5.78 Å². The Morgan fingerprint density at radius 2 is 1.93 bits per heavy atom. The molecule has 1 aromatic carbocycles. The molecule has 142 valence electrons. The summed E-state index contributed by atoms with van der Waals surface area (Å²) in [6, 6.07) is 6.32. The number of alkyl halides is 2. The summed E-state index contributed by atoms with van der Waals surface area (Å²) < 4.78 is 30.4. The Bertz CT molecular complexity index is 840. The second kappa shape index (κ2) is 7.28. The van der Waals surface area contributed by atoms with Gasteiger partial charge in [0.25, 0.3) is 0 Å². The third kappa shape index (κ3) is 4.11. The Balaban J connectivity index is 1.32. The first kappa shape index (κ1) is 17.9. The number of likely N-dealkylation sites (tertiary alicyclic amines) is 1. The second-order valence-corrected chi connectivity index (χ2v) is 7.41. The minimum atomic E-state index is -2.84. The number of Topliss-reactive ketones (excluding diaryl/α,β-unsaturated/α-hetero) is 1. The zero-order valence-corrected chi connectivity index (χ0v) is 15.0. The molecule has 0 unspecified atom stereocenters. The molecule has 0 aliphatic carbocycles. The van der Waals surface area contributed by atoms with E-state index in [1.807, 2.05) is 11.1 Å². The number of benzene rings is 1. The van der Waals surface area contributed by atoms with Crippen molar-refractivity contribution in [2.24, 2.45) is 0 Å². The highest BCUT2D eigenvalue weighted by atomic mass is 32.2. The van der Waals surface area contributed by atoms with Crippen molar-refractivity contribution in [2.75, 3.05) is 19.6 Å². The van der Waals surface area contributed by atoms with Crippen molar-refractivity contribution < 1.29 is 23.1 Å². The van der Waals surface area contributed by atoms with Crippen LogP contribution in [-0.2, 0) is 22.7 Å². The van der Waals surface area contributed by atoms with Gasteiger partial charge in [-0.05, 0) is 24.3 Å². The topological polar surface area (TPSA) is 67.7 Å². The van der Waals surface area contributed by atoms with E-state index in [1.54, 1.807) is 21.1 Å². The number of hydrogen-bond donors (Lipinski definition) is 0. The summed E-state index contributed by atoms with van der Waals surface area (Å²) in [6.45, 7) is -0.922. The number of ketones is 1. The molecule has 1 amide bonds. The van der Waals surface area contributed by atoms with Gasteiger partial charge < -0.3 is 9.64 Å². The molecule has 4 rings (SSSR count). The molecule has 2 aliphatic heterocycles. The van der Waals surface area contributed by atoms with E-state index in [-0.39, 0.29) is 24.0 Å². The Morgan fingerprint density at radius 3 is 2.56 bits per heavy atom. The summed E-state index contributed by atoms with van der Waals surface area (Å²) in [5.41, 5.74) is 1.82. The largest absolute Gasteiger partial charge is 0.435 e. The lowest BCUT2D eigenvalue weighted by atomic mass is 10.2. The van der Waals surface area contributed by atoms with E-state index in [9.17, 15) is 18.4 Å². The average molecular weight is 394 g/mol. The van der Waals surface area contributed by atoms with Gasteiger partial charge in [-0.1, -0.05) is 0 Å². The molecule has 3 heterocycles. The molecule has 27 heavy (non-hydrogen) atoms. The average Bonchev–Trinajstić information content (AvgIpc) is 3.13. The van der Waals surface area contributed by atoms with Crippen molar-refractivity contribution in [2.45, 2.75) is 24.6 Å². The van der Waals surface area contributed by atoms with Crippen molar-refractivity contribution in [3.63, 3.8) is 0 Å². The number of hydrogen-bond acceptors (Lipinski definition) is 6. The van der Waals surface area contributed by atoms with Gasteiger partial charge in [0, 0.05) is 35.1 Å². The van der Waals surface area contributed by atoms with Crippen LogP contribution in [0.25, 0.3) is 0 Å². The SMILES string of the molecule is O=C1CN(CC(=O)N2Cc3cn(Sc4ccc(OC(F)F)cc4)nc3C2)C1. The van der Waals surface area contributed by atoms with Crippen LogP contribution in [0.5, 0.6) is 5.75 Å². The van der Waals surface area contributed by atoms with Crippen LogP contribution in [0.3, 0.4) is 0 Å². The molecular formula is C17H16F2N4O3S. The molecule has 0 spiro atoms. The second-order valence-electron chi connectivity index (χ2n) is 6.38. The molecule has 0 N–H and O–H groups in total. The maximum absolute atomic E-state index is 12.3. The van der Waals surface area contributed by atoms with Crippen molar-refractivity contribution >= 4 is 23.6 Å². The molecule has 0 saturated carbocycles. The Labute approximate surface area is 158 Å². The van der Waals surface area contributed by atoms with Gasteiger partial charge in [-0.2, -0.15) is 13.9 Å². The number of ether oxygens (including phenoxy) is 1. The number of rotatable bonds is 6. The van der Waals surface area contributed by atoms with Gasteiger partial charge in [-0.25, -0.2) is 4.09 Å². The number of carbonyl (C=O) groups excluding carboxylic acids is 2. The zero-order chi connectivity index (χ0) is 19.0.